The van der Waals surface area contributed by atoms with E-state index in [0.717, 1.165) is 5.56 Å². The maximum Gasteiger partial charge on any atom is 0.251 e. The molecule has 0 bridgehead atoms. The number of rotatable bonds is 8. The monoisotopic (exact) mass is 350 g/mol. The topological polar surface area (TPSA) is 82.2 Å². The molecule has 1 heterocycles. The molecule has 0 spiro atoms. The summed E-state index contributed by atoms with van der Waals surface area (Å²) in [7, 11) is 0. The smallest absolute Gasteiger partial charge is 0.251 e. The molecule has 3 N–H and O–H groups in total. The van der Waals surface area contributed by atoms with Gasteiger partial charge in [-0.1, -0.05) is 36.4 Å². The third kappa shape index (κ3) is 4.70. The van der Waals surface area contributed by atoms with E-state index < -0.39 is 0 Å². The number of aromatic nitrogens is 2. The standard InChI is InChI=1S/C20H22N4O2/c21-10-13-26-18-9-4-8-17(14-18)20(25)23-19(15-24-12-5-11-22-24)16-6-2-1-3-7-16/h1-9,11-12,14,19H,10,13,15,21H2,(H,23,25). The van der Waals surface area contributed by atoms with Crippen molar-refractivity contribution in [3.63, 3.8) is 0 Å². The van der Waals surface area contributed by atoms with Crippen LogP contribution in [0.4, 0.5) is 0 Å². The highest BCUT2D eigenvalue weighted by Gasteiger charge is 2.17. The molecule has 1 unspecified atom stereocenters. The summed E-state index contributed by atoms with van der Waals surface area (Å²) in [6.07, 6.45) is 3.60. The maximum absolute atomic E-state index is 12.8. The van der Waals surface area contributed by atoms with Crippen molar-refractivity contribution in [2.75, 3.05) is 13.2 Å². The van der Waals surface area contributed by atoms with E-state index in [9.17, 15) is 4.79 Å². The third-order valence-corrected chi connectivity index (χ3v) is 3.92. The van der Waals surface area contributed by atoms with Crippen molar-refractivity contribution in [1.82, 2.24) is 15.1 Å². The van der Waals surface area contributed by atoms with E-state index in [1.807, 2.05) is 48.7 Å². The SMILES string of the molecule is NCCOc1cccc(C(=O)NC(Cn2cccn2)c2ccccc2)c1. The predicted octanol–water partition coefficient (Wildman–Crippen LogP) is 2.39. The number of nitrogens with two attached hydrogens (primary N) is 1. The summed E-state index contributed by atoms with van der Waals surface area (Å²) in [6, 6.07) is 18.6. The molecule has 1 aromatic heterocycles. The molecule has 1 amide bonds. The second-order valence-electron chi connectivity index (χ2n) is 5.83. The van der Waals surface area contributed by atoms with Gasteiger partial charge in [0.1, 0.15) is 12.4 Å². The molecule has 0 fully saturated rings. The number of carbonyl (C=O) groups is 1. The Balaban J connectivity index is 1.76. The first-order valence-electron chi connectivity index (χ1n) is 8.52. The van der Waals surface area contributed by atoms with Gasteiger partial charge in [-0.15, -0.1) is 0 Å². The fourth-order valence-corrected chi connectivity index (χ4v) is 2.66. The van der Waals surface area contributed by atoms with Crippen LogP contribution in [0.2, 0.25) is 0 Å². The van der Waals surface area contributed by atoms with Crippen LogP contribution in [0.1, 0.15) is 22.0 Å². The second kappa shape index (κ2) is 8.82. The zero-order valence-corrected chi connectivity index (χ0v) is 14.4. The van der Waals surface area contributed by atoms with Gasteiger partial charge in [-0.2, -0.15) is 5.10 Å². The second-order valence-corrected chi connectivity index (χ2v) is 5.83. The van der Waals surface area contributed by atoms with Crippen LogP contribution in [-0.4, -0.2) is 28.8 Å². The molecule has 6 nitrogen and oxygen atoms in total. The van der Waals surface area contributed by atoms with Crippen molar-refractivity contribution >= 4 is 5.91 Å². The van der Waals surface area contributed by atoms with Gasteiger partial charge < -0.3 is 15.8 Å². The average molecular weight is 350 g/mol. The Morgan fingerprint density at radius 3 is 2.73 bits per heavy atom. The van der Waals surface area contributed by atoms with Crippen LogP contribution >= 0.6 is 0 Å². The fraction of sp³-hybridized carbons (Fsp3) is 0.200. The molecule has 134 valence electrons. The van der Waals surface area contributed by atoms with Crippen LogP contribution in [0, 0.1) is 0 Å². The van der Waals surface area contributed by atoms with Crippen molar-refractivity contribution in [3.05, 3.63) is 84.2 Å². The van der Waals surface area contributed by atoms with Crippen LogP contribution in [0.25, 0.3) is 0 Å². The Hall–Kier alpha value is -3.12. The van der Waals surface area contributed by atoms with Gasteiger partial charge in [0.25, 0.3) is 5.91 Å². The minimum atomic E-state index is -0.197. The van der Waals surface area contributed by atoms with Crippen molar-refractivity contribution < 1.29 is 9.53 Å². The molecule has 1 atom stereocenters. The molecule has 0 saturated heterocycles. The zero-order chi connectivity index (χ0) is 18.2. The van der Waals surface area contributed by atoms with Crippen molar-refractivity contribution in [2.45, 2.75) is 12.6 Å². The Labute approximate surface area is 152 Å². The number of hydrogen-bond donors (Lipinski definition) is 2. The largest absolute Gasteiger partial charge is 0.492 e. The van der Waals surface area contributed by atoms with Gasteiger partial charge in [-0.05, 0) is 29.8 Å². The highest BCUT2D eigenvalue weighted by atomic mass is 16.5. The van der Waals surface area contributed by atoms with Gasteiger partial charge in [0.05, 0.1) is 12.6 Å². The highest BCUT2D eigenvalue weighted by Crippen LogP contribution is 2.18. The minimum absolute atomic E-state index is 0.163. The normalized spacial score (nSPS) is 11.7. The number of ether oxygens (including phenoxy) is 1. The third-order valence-electron chi connectivity index (χ3n) is 3.92. The van der Waals surface area contributed by atoms with Gasteiger partial charge in [-0.3, -0.25) is 9.48 Å². The molecule has 0 saturated carbocycles. The summed E-state index contributed by atoms with van der Waals surface area (Å²) in [5.74, 6) is 0.468. The van der Waals surface area contributed by atoms with Crippen LogP contribution in [0.5, 0.6) is 5.75 Å². The molecular weight excluding hydrogens is 328 g/mol. The predicted molar refractivity (Wildman–Crippen MR) is 99.9 cm³/mol. The number of nitrogens with zero attached hydrogens (tertiary/aromatic N) is 2. The van der Waals surface area contributed by atoms with E-state index in [2.05, 4.69) is 10.4 Å². The highest BCUT2D eigenvalue weighted by molar-refractivity contribution is 5.94. The van der Waals surface area contributed by atoms with Gasteiger partial charge in [0.2, 0.25) is 0 Å². The molecule has 0 aliphatic heterocycles. The first-order valence-corrected chi connectivity index (χ1v) is 8.52. The molecule has 0 aliphatic rings. The van der Waals surface area contributed by atoms with Crippen LogP contribution in [0.15, 0.2) is 73.1 Å². The van der Waals surface area contributed by atoms with Crippen LogP contribution in [0.3, 0.4) is 0 Å². The van der Waals surface area contributed by atoms with Crippen molar-refractivity contribution in [2.24, 2.45) is 5.73 Å². The maximum atomic E-state index is 12.8. The Kier molecular flexibility index (Phi) is 6.01. The molecule has 0 aliphatic carbocycles. The summed E-state index contributed by atoms with van der Waals surface area (Å²) in [4.78, 5) is 12.8. The van der Waals surface area contributed by atoms with Crippen LogP contribution in [-0.2, 0) is 6.54 Å². The number of benzene rings is 2. The van der Waals surface area contributed by atoms with Gasteiger partial charge in [0, 0.05) is 24.5 Å². The molecule has 6 heteroatoms. The van der Waals surface area contributed by atoms with E-state index in [0.29, 0.717) is 31.0 Å². The first-order chi connectivity index (χ1) is 12.8. The summed E-state index contributed by atoms with van der Waals surface area (Å²) in [5.41, 5.74) is 7.02. The number of carbonyl (C=O) groups excluding carboxylic acids is 1. The summed E-state index contributed by atoms with van der Waals surface area (Å²) >= 11 is 0. The van der Waals surface area contributed by atoms with E-state index in [1.165, 1.54) is 0 Å². The van der Waals surface area contributed by atoms with Crippen LogP contribution < -0.4 is 15.8 Å². The molecule has 0 radical (unpaired) electrons. The fourth-order valence-electron chi connectivity index (χ4n) is 2.66. The number of amides is 1. The summed E-state index contributed by atoms with van der Waals surface area (Å²) in [5, 5.41) is 7.33. The average Bonchev–Trinajstić information content (AvgIpc) is 3.20. The molecular formula is C20H22N4O2. The first kappa shape index (κ1) is 17.7. The van der Waals surface area contributed by atoms with Crippen molar-refractivity contribution in [1.29, 1.82) is 0 Å². The minimum Gasteiger partial charge on any atom is -0.492 e. The summed E-state index contributed by atoms with van der Waals surface area (Å²) in [6.45, 7) is 1.39. The lowest BCUT2D eigenvalue weighted by Gasteiger charge is -2.19. The Morgan fingerprint density at radius 1 is 1.15 bits per heavy atom. The van der Waals surface area contributed by atoms with Crippen molar-refractivity contribution in [3.8, 4) is 5.75 Å². The zero-order valence-electron chi connectivity index (χ0n) is 14.4. The molecule has 3 aromatic rings. The summed E-state index contributed by atoms with van der Waals surface area (Å²) < 4.78 is 7.31. The Morgan fingerprint density at radius 2 is 2.00 bits per heavy atom. The van der Waals surface area contributed by atoms with E-state index in [1.54, 1.807) is 29.1 Å². The van der Waals surface area contributed by atoms with Gasteiger partial charge in [-0.25, -0.2) is 0 Å². The van der Waals surface area contributed by atoms with E-state index in [-0.39, 0.29) is 11.9 Å². The number of nitrogens with one attached hydrogen (secondary N) is 1. The van der Waals surface area contributed by atoms with Gasteiger partial charge >= 0.3 is 0 Å². The lowest BCUT2D eigenvalue weighted by atomic mass is 10.1. The Bertz CT molecular complexity index is 819. The lowest BCUT2D eigenvalue weighted by molar-refractivity contribution is 0.0931. The molecule has 2 aromatic carbocycles. The number of hydrogen-bond acceptors (Lipinski definition) is 4. The molecule has 26 heavy (non-hydrogen) atoms. The quantitative estimate of drug-likeness (QED) is 0.653. The van der Waals surface area contributed by atoms with E-state index >= 15 is 0 Å². The van der Waals surface area contributed by atoms with Gasteiger partial charge in [0.15, 0.2) is 0 Å². The van der Waals surface area contributed by atoms with E-state index in [4.69, 9.17) is 10.5 Å². The lowest BCUT2D eigenvalue weighted by Crippen LogP contribution is -2.31. The molecule has 3 rings (SSSR count).